The van der Waals surface area contributed by atoms with Gasteiger partial charge in [-0.3, -0.25) is 4.79 Å². The molecule has 4 rings (SSSR count). The molecule has 4 nitrogen and oxygen atoms in total. The Morgan fingerprint density at radius 1 is 0.903 bits per heavy atom. The zero-order valence-electron chi connectivity index (χ0n) is 19.4. The molecule has 2 aliphatic carbocycles. The molecule has 0 atom stereocenters. The topological polar surface area (TPSA) is 55.4 Å². The Morgan fingerprint density at radius 3 is 2.19 bits per heavy atom. The van der Waals surface area contributed by atoms with Crippen LogP contribution in [0.2, 0.25) is 0 Å². The minimum absolute atomic E-state index is 0.00862. The van der Waals surface area contributed by atoms with Gasteiger partial charge in [0.1, 0.15) is 0 Å². The van der Waals surface area contributed by atoms with E-state index in [2.05, 4.69) is 39.1 Å². The molecule has 0 aliphatic heterocycles. The molecule has 2 aliphatic rings. The van der Waals surface area contributed by atoms with Crippen LogP contribution in [0.5, 0.6) is 0 Å². The SMILES string of the molecule is COC(=O)c1ccc(C(=O)Nc2c3c(cc4c2C(C)(C)CCC4(C)C)CCCC3)cc1. The molecule has 0 unspecified atom stereocenters. The Balaban J connectivity index is 1.79. The summed E-state index contributed by atoms with van der Waals surface area (Å²) < 4.78 is 4.76. The summed E-state index contributed by atoms with van der Waals surface area (Å²) in [6.07, 6.45) is 6.70. The van der Waals surface area contributed by atoms with E-state index in [1.165, 1.54) is 35.8 Å². The van der Waals surface area contributed by atoms with Crippen molar-refractivity contribution in [3.05, 3.63) is 63.7 Å². The van der Waals surface area contributed by atoms with E-state index >= 15 is 0 Å². The Bertz CT molecular complexity index is 1030. The molecule has 0 bridgehead atoms. The Morgan fingerprint density at radius 2 is 1.52 bits per heavy atom. The predicted octanol–water partition coefficient (Wildman–Crippen LogP) is 5.95. The average molecular weight is 420 g/mol. The van der Waals surface area contributed by atoms with Gasteiger partial charge in [0.2, 0.25) is 0 Å². The Kier molecular flexibility index (Phi) is 5.45. The number of fused-ring (bicyclic) bond motifs is 2. The fraction of sp³-hybridized carbons (Fsp3) is 0.481. The summed E-state index contributed by atoms with van der Waals surface area (Å²) in [6.45, 7) is 9.26. The van der Waals surface area contributed by atoms with Gasteiger partial charge in [0.15, 0.2) is 0 Å². The van der Waals surface area contributed by atoms with Crippen molar-refractivity contribution in [3.8, 4) is 0 Å². The maximum absolute atomic E-state index is 13.3. The summed E-state index contributed by atoms with van der Waals surface area (Å²) in [5, 5.41) is 3.32. The number of aryl methyl sites for hydroxylation is 1. The van der Waals surface area contributed by atoms with Gasteiger partial charge in [-0.05, 0) is 95.9 Å². The quantitative estimate of drug-likeness (QED) is 0.625. The maximum Gasteiger partial charge on any atom is 0.337 e. The molecule has 0 radical (unpaired) electrons. The van der Waals surface area contributed by atoms with Crippen molar-refractivity contribution in [1.82, 2.24) is 0 Å². The molecule has 0 saturated carbocycles. The number of nitrogens with one attached hydrogen (secondary N) is 1. The van der Waals surface area contributed by atoms with E-state index in [0.717, 1.165) is 37.8 Å². The highest BCUT2D eigenvalue weighted by Gasteiger charge is 2.40. The van der Waals surface area contributed by atoms with Crippen molar-refractivity contribution in [2.75, 3.05) is 12.4 Å². The van der Waals surface area contributed by atoms with E-state index in [0.29, 0.717) is 11.1 Å². The highest BCUT2D eigenvalue weighted by molar-refractivity contribution is 6.06. The molecule has 164 valence electrons. The lowest BCUT2D eigenvalue weighted by Crippen LogP contribution is -2.36. The first-order valence-corrected chi connectivity index (χ1v) is 11.3. The third-order valence-electron chi connectivity index (χ3n) is 7.24. The second-order valence-electron chi connectivity index (χ2n) is 10.3. The zero-order valence-corrected chi connectivity index (χ0v) is 19.4. The standard InChI is InChI=1S/C27H33NO3/c1-26(2)14-15-27(3,4)22-21(26)16-19-8-6-7-9-20(19)23(22)28-24(29)17-10-12-18(13-11-17)25(30)31-5/h10-13,16H,6-9,14-15H2,1-5H3,(H,28,29). The third kappa shape index (κ3) is 3.88. The summed E-state index contributed by atoms with van der Waals surface area (Å²) >= 11 is 0. The molecule has 0 aromatic heterocycles. The zero-order chi connectivity index (χ0) is 22.4. The smallest absolute Gasteiger partial charge is 0.337 e. The lowest BCUT2D eigenvalue weighted by molar-refractivity contribution is 0.0600. The first kappa shape index (κ1) is 21.6. The molecule has 2 aromatic rings. The molecule has 31 heavy (non-hydrogen) atoms. The minimum Gasteiger partial charge on any atom is -0.465 e. The van der Waals surface area contributed by atoms with Gasteiger partial charge in [-0.1, -0.05) is 33.8 Å². The summed E-state index contributed by atoms with van der Waals surface area (Å²) in [4.78, 5) is 25.0. The molecule has 0 fully saturated rings. The summed E-state index contributed by atoms with van der Waals surface area (Å²) in [5.41, 5.74) is 7.53. The molecule has 0 heterocycles. The molecular weight excluding hydrogens is 386 g/mol. The van der Waals surface area contributed by atoms with E-state index in [1.54, 1.807) is 24.3 Å². The summed E-state index contributed by atoms with van der Waals surface area (Å²) in [5.74, 6) is -0.529. The molecule has 1 amide bonds. The fourth-order valence-corrected chi connectivity index (χ4v) is 5.23. The summed E-state index contributed by atoms with van der Waals surface area (Å²) in [6, 6.07) is 9.11. The van der Waals surface area contributed by atoms with Crippen LogP contribution < -0.4 is 5.32 Å². The van der Waals surface area contributed by atoms with Gasteiger partial charge >= 0.3 is 5.97 Å². The molecule has 1 N–H and O–H groups in total. The average Bonchev–Trinajstić information content (AvgIpc) is 2.76. The van der Waals surface area contributed by atoms with Gasteiger partial charge in [-0.2, -0.15) is 0 Å². The Labute approximate surface area is 185 Å². The number of methoxy groups -OCH3 is 1. The fourth-order valence-electron chi connectivity index (χ4n) is 5.23. The van der Waals surface area contributed by atoms with Crippen LogP contribution in [0.1, 0.15) is 96.3 Å². The first-order valence-electron chi connectivity index (χ1n) is 11.3. The summed E-state index contributed by atoms with van der Waals surface area (Å²) in [7, 11) is 1.36. The van der Waals surface area contributed by atoms with Crippen molar-refractivity contribution < 1.29 is 14.3 Å². The number of hydrogen-bond acceptors (Lipinski definition) is 3. The van der Waals surface area contributed by atoms with E-state index in [4.69, 9.17) is 4.74 Å². The van der Waals surface area contributed by atoms with Gasteiger partial charge < -0.3 is 10.1 Å². The second-order valence-corrected chi connectivity index (χ2v) is 10.3. The molecule has 4 heteroatoms. The van der Waals surface area contributed by atoms with Crippen LogP contribution in [-0.2, 0) is 28.4 Å². The normalized spacial score (nSPS) is 18.5. The van der Waals surface area contributed by atoms with Crippen molar-refractivity contribution in [1.29, 1.82) is 0 Å². The van der Waals surface area contributed by atoms with Crippen molar-refractivity contribution in [2.24, 2.45) is 0 Å². The van der Waals surface area contributed by atoms with E-state index in [-0.39, 0.29) is 16.7 Å². The van der Waals surface area contributed by atoms with Crippen LogP contribution in [-0.4, -0.2) is 19.0 Å². The van der Waals surface area contributed by atoms with Crippen LogP contribution in [0.25, 0.3) is 0 Å². The molecule has 0 spiro atoms. The van der Waals surface area contributed by atoms with E-state index in [9.17, 15) is 9.59 Å². The van der Waals surface area contributed by atoms with Crippen molar-refractivity contribution in [3.63, 3.8) is 0 Å². The lowest BCUT2D eigenvalue weighted by atomic mass is 9.61. The van der Waals surface area contributed by atoms with Gasteiger partial charge in [0, 0.05) is 11.3 Å². The minimum atomic E-state index is -0.401. The number of anilines is 1. The van der Waals surface area contributed by atoms with Crippen LogP contribution in [0.15, 0.2) is 30.3 Å². The number of benzene rings is 2. The third-order valence-corrected chi connectivity index (χ3v) is 7.24. The predicted molar refractivity (Wildman–Crippen MR) is 124 cm³/mol. The highest BCUT2D eigenvalue weighted by Crippen LogP contribution is 2.51. The van der Waals surface area contributed by atoms with Gasteiger partial charge in [-0.25, -0.2) is 4.79 Å². The van der Waals surface area contributed by atoms with Gasteiger partial charge in [-0.15, -0.1) is 0 Å². The first-order chi connectivity index (χ1) is 14.6. The number of carbonyl (C=O) groups excluding carboxylic acids is 2. The highest BCUT2D eigenvalue weighted by atomic mass is 16.5. The van der Waals surface area contributed by atoms with Crippen LogP contribution >= 0.6 is 0 Å². The second kappa shape index (κ2) is 7.81. The number of esters is 1. The largest absolute Gasteiger partial charge is 0.465 e. The molecule has 0 saturated heterocycles. The number of carbonyl (C=O) groups is 2. The van der Waals surface area contributed by atoms with Crippen LogP contribution in [0.3, 0.4) is 0 Å². The molecule has 2 aromatic carbocycles. The maximum atomic E-state index is 13.3. The van der Waals surface area contributed by atoms with Gasteiger partial charge in [0.25, 0.3) is 5.91 Å². The van der Waals surface area contributed by atoms with Crippen molar-refractivity contribution >= 4 is 17.6 Å². The van der Waals surface area contributed by atoms with Crippen LogP contribution in [0.4, 0.5) is 5.69 Å². The number of hydrogen-bond donors (Lipinski definition) is 1. The van der Waals surface area contributed by atoms with Crippen LogP contribution in [0, 0.1) is 0 Å². The number of ether oxygens (including phenoxy) is 1. The lowest BCUT2D eigenvalue weighted by Gasteiger charge is -2.44. The van der Waals surface area contributed by atoms with E-state index in [1.807, 2.05) is 0 Å². The van der Waals surface area contributed by atoms with Gasteiger partial charge in [0.05, 0.1) is 12.7 Å². The Hall–Kier alpha value is -2.62. The number of amides is 1. The number of rotatable bonds is 3. The van der Waals surface area contributed by atoms with Crippen molar-refractivity contribution in [2.45, 2.75) is 77.0 Å². The van der Waals surface area contributed by atoms with E-state index < -0.39 is 5.97 Å². The monoisotopic (exact) mass is 419 g/mol. The molecular formula is C27H33NO3.